The molecule has 0 fully saturated rings. The van der Waals surface area contributed by atoms with Gasteiger partial charge in [-0.2, -0.15) is 52.7 Å². The van der Waals surface area contributed by atoms with E-state index in [1.807, 2.05) is 0 Å². The van der Waals surface area contributed by atoms with Crippen LogP contribution in [0.15, 0.2) is 0 Å². The minimum atomic E-state index is -7.24. The van der Waals surface area contributed by atoms with Crippen molar-refractivity contribution in [3.8, 4) is 0 Å². The zero-order valence-electron chi connectivity index (χ0n) is 8.70. The molecule has 0 aliphatic rings. The molecule has 0 rings (SSSR count). The van der Waals surface area contributed by atoms with Gasteiger partial charge in [0.1, 0.15) is 0 Å². The first kappa shape index (κ1) is 20.8. The molecule has 0 aliphatic carbocycles. The summed E-state index contributed by atoms with van der Waals surface area (Å²) < 4.78 is 153. The van der Waals surface area contributed by atoms with Gasteiger partial charge in [0, 0.05) is 0 Å². The summed E-state index contributed by atoms with van der Waals surface area (Å²) in [7, 11) is 0. The van der Waals surface area contributed by atoms with Crippen LogP contribution in [0.1, 0.15) is 0 Å². The molecular formula is C6F13IO. The van der Waals surface area contributed by atoms with Crippen molar-refractivity contribution in [2.24, 2.45) is 0 Å². The third kappa shape index (κ3) is 3.58. The van der Waals surface area contributed by atoms with Crippen molar-refractivity contribution in [1.29, 1.82) is 0 Å². The molecule has 0 aromatic rings. The van der Waals surface area contributed by atoms with E-state index in [-0.39, 0.29) is 0 Å². The second-order valence-electron chi connectivity index (χ2n) is 3.28. The molecular weight excluding hydrogens is 462 g/mol. The van der Waals surface area contributed by atoms with E-state index in [1.165, 1.54) is 0 Å². The number of halogens is 14. The van der Waals surface area contributed by atoms with E-state index in [0.717, 1.165) is 0 Å². The lowest BCUT2D eigenvalue weighted by atomic mass is 10.2. The Kier molecular flexibility index (Phi) is 5.10. The van der Waals surface area contributed by atoms with Crippen LogP contribution < -0.4 is 0 Å². The second kappa shape index (κ2) is 5.16. The predicted molar refractivity (Wildman–Crippen MR) is 45.9 cm³/mol. The van der Waals surface area contributed by atoms with E-state index in [4.69, 9.17) is 0 Å². The lowest BCUT2D eigenvalue weighted by Crippen LogP contribution is -2.63. The van der Waals surface area contributed by atoms with Gasteiger partial charge in [0.25, 0.3) is 0 Å². The van der Waals surface area contributed by atoms with Gasteiger partial charge in [-0.1, -0.05) is 0 Å². The van der Waals surface area contributed by atoms with Crippen molar-refractivity contribution in [1.82, 2.24) is 0 Å². The van der Waals surface area contributed by atoms with Gasteiger partial charge in [-0.05, 0) is 22.6 Å². The first-order chi connectivity index (χ1) is 8.71. The predicted octanol–water partition coefficient (Wildman–Crippen LogP) is 5.05. The lowest BCUT2D eigenvalue weighted by Gasteiger charge is -2.36. The number of alkyl halides is 14. The van der Waals surface area contributed by atoms with Crippen molar-refractivity contribution >= 4 is 22.6 Å². The highest BCUT2D eigenvalue weighted by molar-refractivity contribution is 14.1. The Labute approximate surface area is 119 Å². The monoisotopic (exact) mass is 462 g/mol. The first-order valence-corrected chi connectivity index (χ1v) is 5.13. The molecule has 128 valence electrons. The van der Waals surface area contributed by atoms with E-state index in [1.54, 1.807) is 4.74 Å². The molecule has 0 amide bonds. The van der Waals surface area contributed by atoms with E-state index in [9.17, 15) is 57.1 Å². The minimum absolute atomic E-state index is 0.846. The number of rotatable bonds is 3. The minimum Gasteiger partial charge on any atom is -0.264 e. The Hall–Kier alpha value is -0.220. The molecule has 0 aromatic heterocycles. The third-order valence-corrected chi connectivity index (χ3v) is 2.96. The van der Waals surface area contributed by atoms with Crippen molar-refractivity contribution in [3.05, 3.63) is 0 Å². The molecule has 0 unspecified atom stereocenters. The summed E-state index contributed by atoms with van der Waals surface area (Å²) in [6.45, 7) is 0. The number of hydrogen-bond donors (Lipinski definition) is 0. The summed E-state index contributed by atoms with van der Waals surface area (Å²) in [6.07, 6.45) is -28.0. The molecule has 0 heterocycles. The van der Waals surface area contributed by atoms with Crippen molar-refractivity contribution in [2.45, 2.75) is 34.2 Å². The summed E-state index contributed by atoms with van der Waals surface area (Å²) in [5.41, 5.74) is 0. The van der Waals surface area contributed by atoms with Gasteiger partial charge in [-0.25, -0.2) is 4.39 Å². The highest BCUT2D eigenvalue weighted by Crippen LogP contribution is 2.56. The van der Waals surface area contributed by atoms with Crippen molar-refractivity contribution < 1.29 is 61.8 Å². The summed E-state index contributed by atoms with van der Waals surface area (Å²) in [5.74, 6) is -7.21. The van der Waals surface area contributed by atoms with Crippen molar-refractivity contribution in [3.63, 3.8) is 0 Å². The quantitative estimate of drug-likeness (QED) is 0.325. The lowest BCUT2D eigenvalue weighted by molar-refractivity contribution is -0.496. The highest BCUT2D eigenvalue weighted by atomic mass is 127. The standard InChI is InChI=1S/C6F13IO/c7-1(20,3(9,10)11)6(18,19)21-2(8,4(12,13)14)5(15,16)17/t1-/m0/s1. The normalized spacial score (nSPS) is 18.6. The maximum atomic E-state index is 12.8. The fourth-order valence-electron chi connectivity index (χ4n) is 0.682. The molecule has 0 N–H and O–H groups in total. The molecule has 21 heavy (non-hydrogen) atoms. The summed E-state index contributed by atoms with van der Waals surface area (Å²) in [5, 5.41) is 0. The van der Waals surface area contributed by atoms with E-state index in [0.29, 0.717) is 0 Å². The molecule has 1 atom stereocenters. The molecule has 0 aliphatic heterocycles. The SMILES string of the molecule is FC(F)(F)C(F)(OC(F)(F)[C@@](F)(I)C(F)(F)F)C(F)(F)F. The number of hydrogen-bond acceptors (Lipinski definition) is 1. The smallest absolute Gasteiger partial charge is 0.264 e. The first-order valence-electron chi connectivity index (χ1n) is 4.05. The molecule has 0 aromatic carbocycles. The van der Waals surface area contributed by atoms with Crippen LogP contribution in [0.3, 0.4) is 0 Å². The molecule has 15 heteroatoms. The van der Waals surface area contributed by atoms with Gasteiger partial charge in [0.05, 0.1) is 0 Å². The van der Waals surface area contributed by atoms with Crippen LogP contribution in [0.5, 0.6) is 0 Å². The van der Waals surface area contributed by atoms with Gasteiger partial charge >= 0.3 is 34.2 Å². The van der Waals surface area contributed by atoms with Crippen LogP contribution in [0.25, 0.3) is 0 Å². The Morgan fingerprint density at radius 3 is 1.00 bits per heavy atom. The zero-order chi connectivity index (χ0) is 17.7. The average Bonchev–Trinajstić information content (AvgIpc) is 2.10. The molecule has 0 bridgehead atoms. The molecule has 1 nitrogen and oxygen atoms in total. The zero-order valence-corrected chi connectivity index (χ0v) is 10.9. The van der Waals surface area contributed by atoms with Crippen LogP contribution in [-0.4, -0.2) is 34.2 Å². The van der Waals surface area contributed by atoms with Crippen LogP contribution in [-0.2, 0) is 4.74 Å². The van der Waals surface area contributed by atoms with Crippen LogP contribution in [0, 0.1) is 0 Å². The summed E-state index contributed by atoms with van der Waals surface area (Å²) >= 11 is -0.846. The second-order valence-corrected chi connectivity index (χ2v) is 4.77. The third-order valence-electron chi connectivity index (χ3n) is 1.72. The largest absolute Gasteiger partial charge is 0.458 e. The fraction of sp³-hybridized carbons (Fsp3) is 1.00. The topological polar surface area (TPSA) is 9.23 Å². The van der Waals surface area contributed by atoms with Gasteiger partial charge in [0.15, 0.2) is 0 Å². The van der Waals surface area contributed by atoms with E-state index in [2.05, 4.69) is 0 Å². The van der Waals surface area contributed by atoms with Crippen LogP contribution in [0.2, 0.25) is 0 Å². The maximum Gasteiger partial charge on any atom is 0.458 e. The molecule has 0 spiro atoms. The highest BCUT2D eigenvalue weighted by Gasteiger charge is 2.82. The number of ether oxygens (including phenoxy) is 1. The Morgan fingerprint density at radius 1 is 0.524 bits per heavy atom. The molecule has 0 radical (unpaired) electrons. The summed E-state index contributed by atoms with van der Waals surface area (Å²) in [4.78, 5) is 0. The maximum absolute atomic E-state index is 12.8. The Balaban J connectivity index is 5.89. The van der Waals surface area contributed by atoms with Gasteiger partial charge in [0.2, 0.25) is 0 Å². The average molecular weight is 462 g/mol. The van der Waals surface area contributed by atoms with Gasteiger partial charge in [-0.15, -0.1) is 0 Å². The van der Waals surface area contributed by atoms with Gasteiger partial charge < -0.3 is 0 Å². The van der Waals surface area contributed by atoms with Gasteiger partial charge in [-0.3, -0.25) is 4.74 Å². The fourth-order valence-corrected chi connectivity index (χ4v) is 0.792. The van der Waals surface area contributed by atoms with Crippen LogP contribution >= 0.6 is 22.6 Å². The van der Waals surface area contributed by atoms with E-state index < -0.39 is 56.8 Å². The Morgan fingerprint density at radius 2 is 0.810 bits per heavy atom. The Bertz CT molecular complexity index is 362. The van der Waals surface area contributed by atoms with Crippen LogP contribution in [0.4, 0.5) is 57.1 Å². The van der Waals surface area contributed by atoms with Crippen molar-refractivity contribution in [2.75, 3.05) is 0 Å². The summed E-state index contributed by atoms with van der Waals surface area (Å²) in [6, 6.07) is 0. The molecule has 0 saturated heterocycles. The molecule has 0 saturated carbocycles. The van der Waals surface area contributed by atoms with E-state index >= 15 is 0 Å².